The first-order valence-electron chi connectivity index (χ1n) is 6.69. The Bertz CT molecular complexity index is 622. The number of carbonyl (C=O) groups is 1. The van der Waals surface area contributed by atoms with Crippen molar-refractivity contribution in [2.45, 2.75) is 13.8 Å². The summed E-state index contributed by atoms with van der Waals surface area (Å²) in [6.07, 6.45) is 1.57. The van der Waals surface area contributed by atoms with Gasteiger partial charge in [0.05, 0.1) is 12.3 Å². The van der Waals surface area contributed by atoms with Crippen LogP contribution in [0.2, 0.25) is 0 Å². The second kappa shape index (κ2) is 7.19. The summed E-state index contributed by atoms with van der Waals surface area (Å²) >= 11 is 0. The van der Waals surface area contributed by atoms with E-state index in [1.54, 1.807) is 24.4 Å². The Kier molecular flexibility index (Phi) is 5.04. The molecular formula is C16H17N3O2. The van der Waals surface area contributed by atoms with Crippen LogP contribution in [0.4, 0.5) is 0 Å². The van der Waals surface area contributed by atoms with E-state index in [1.165, 1.54) is 0 Å². The van der Waals surface area contributed by atoms with E-state index in [0.29, 0.717) is 18.0 Å². The first-order valence-corrected chi connectivity index (χ1v) is 6.69. The highest BCUT2D eigenvalue weighted by Gasteiger charge is 2.05. The third kappa shape index (κ3) is 4.14. The molecule has 0 saturated carbocycles. The van der Waals surface area contributed by atoms with Crippen molar-refractivity contribution in [2.75, 3.05) is 6.61 Å². The third-order valence-electron chi connectivity index (χ3n) is 2.81. The summed E-state index contributed by atoms with van der Waals surface area (Å²) in [6.45, 7) is 4.40. The third-order valence-corrected chi connectivity index (χ3v) is 2.81. The van der Waals surface area contributed by atoms with Gasteiger partial charge in [-0.25, -0.2) is 5.43 Å². The van der Waals surface area contributed by atoms with Crippen molar-refractivity contribution in [1.82, 2.24) is 10.4 Å². The van der Waals surface area contributed by atoms with Crippen LogP contribution < -0.4 is 10.2 Å². The van der Waals surface area contributed by atoms with Crippen molar-refractivity contribution in [3.63, 3.8) is 0 Å². The van der Waals surface area contributed by atoms with Gasteiger partial charge in [0.15, 0.2) is 0 Å². The summed E-state index contributed by atoms with van der Waals surface area (Å²) in [5.41, 5.74) is 4.45. The monoisotopic (exact) mass is 283 g/mol. The van der Waals surface area contributed by atoms with Crippen LogP contribution in [0.3, 0.4) is 0 Å². The molecular weight excluding hydrogens is 266 g/mol. The Morgan fingerprint density at radius 1 is 1.24 bits per heavy atom. The highest BCUT2D eigenvalue weighted by atomic mass is 16.5. The number of rotatable bonds is 5. The Labute approximate surface area is 123 Å². The van der Waals surface area contributed by atoms with Crippen molar-refractivity contribution in [3.05, 3.63) is 59.9 Å². The Morgan fingerprint density at radius 2 is 2.00 bits per heavy atom. The molecule has 108 valence electrons. The largest absolute Gasteiger partial charge is 0.494 e. The molecule has 0 spiro atoms. The molecule has 21 heavy (non-hydrogen) atoms. The summed E-state index contributed by atoms with van der Waals surface area (Å²) in [5.74, 6) is 0.479. The highest BCUT2D eigenvalue weighted by molar-refractivity contribution is 6.00. The van der Waals surface area contributed by atoms with Gasteiger partial charge in [0, 0.05) is 6.20 Å². The number of carbonyl (C=O) groups excluding carboxylic acids is 1. The zero-order valence-corrected chi connectivity index (χ0v) is 12.0. The fraction of sp³-hybridized carbons (Fsp3) is 0.188. The maximum atomic E-state index is 11.8. The zero-order valence-electron chi connectivity index (χ0n) is 12.0. The van der Waals surface area contributed by atoms with Crippen molar-refractivity contribution in [2.24, 2.45) is 5.10 Å². The minimum Gasteiger partial charge on any atom is -0.494 e. The van der Waals surface area contributed by atoms with Crippen molar-refractivity contribution in [3.8, 4) is 5.75 Å². The van der Waals surface area contributed by atoms with Crippen LogP contribution in [0.5, 0.6) is 5.75 Å². The molecule has 5 nitrogen and oxygen atoms in total. The first kappa shape index (κ1) is 14.7. The first-order chi connectivity index (χ1) is 10.2. The average Bonchev–Trinajstić information content (AvgIpc) is 2.54. The molecule has 0 bridgehead atoms. The summed E-state index contributed by atoms with van der Waals surface area (Å²) in [6, 6.07) is 12.7. The number of benzene rings is 1. The molecule has 0 aliphatic rings. The molecule has 1 amide bonds. The molecule has 1 N–H and O–H groups in total. The average molecular weight is 283 g/mol. The summed E-state index contributed by atoms with van der Waals surface area (Å²) in [5, 5.41) is 4.08. The Morgan fingerprint density at radius 3 is 2.62 bits per heavy atom. The van der Waals surface area contributed by atoms with Gasteiger partial charge in [-0.2, -0.15) is 5.10 Å². The Hall–Kier alpha value is -2.69. The standard InChI is InChI=1S/C16H17N3O2/c1-3-21-14-9-7-13(8-10-14)12(2)18-19-16(20)15-6-4-5-11-17-15/h4-11H,3H2,1-2H3,(H,19,20)/b18-12-. The van der Waals surface area contributed by atoms with E-state index in [-0.39, 0.29) is 5.91 Å². The van der Waals surface area contributed by atoms with Crippen molar-refractivity contribution in [1.29, 1.82) is 0 Å². The van der Waals surface area contributed by atoms with Crippen LogP contribution in [0.15, 0.2) is 53.8 Å². The number of hydrogen-bond acceptors (Lipinski definition) is 4. The number of pyridine rings is 1. The molecule has 0 aliphatic heterocycles. The molecule has 1 aromatic carbocycles. The van der Waals surface area contributed by atoms with Crippen LogP contribution in [0.1, 0.15) is 29.9 Å². The smallest absolute Gasteiger partial charge is 0.289 e. The lowest BCUT2D eigenvalue weighted by Crippen LogP contribution is -2.20. The van der Waals surface area contributed by atoms with Crippen LogP contribution in [0, 0.1) is 0 Å². The minimum absolute atomic E-state index is 0.333. The second-order valence-electron chi connectivity index (χ2n) is 4.31. The van der Waals surface area contributed by atoms with Crippen LogP contribution in [0.25, 0.3) is 0 Å². The topological polar surface area (TPSA) is 63.6 Å². The SMILES string of the molecule is CCOc1ccc(/C(C)=N\NC(=O)c2ccccn2)cc1. The normalized spacial score (nSPS) is 11.0. The predicted molar refractivity (Wildman–Crippen MR) is 81.5 cm³/mol. The number of nitrogens with zero attached hydrogens (tertiary/aromatic N) is 2. The van der Waals surface area contributed by atoms with Crippen molar-refractivity contribution < 1.29 is 9.53 Å². The summed E-state index contributed by atoms with van der Waals surface area (Å²) in [7, 11) is 0. The van der Waals surface area contributed by atoms with Gasteiger partial charge in [0.25, 0.3) is 5.91 Å². The summed E-state index contributed by atoms with van der Waals surface area (Å²) < 4.78 is 5.38. The molecule has 0 saturated heterocycles. The zero-order chi connectivity index (χ0) is 15.1. The van der Waals surface area contributed by atoms with Crippen LogP contribution >= 0.6 is 0 Å². The maximum absolute atomic E-state index is 11.8. The molecule has 0 atom stereocenters. The lowest BCUT2D eigenvalue weighted by molar-refractivity contribution is 0.0950. The quantitative estimate of drug-likeness (QED) is 0.677. The van der Waals surface area contributed by atoms with E-state index >= 15 is 0 Å². The molecule has 0 radical (unpaired) electrons. The van der Waals surface area contributed by atoms with Gasteiger partial charge in [0.2, 0.25) is 0 Å². The molecule has 1 aromatic heterocycles. The molecule has 0 aliphatic carbocycles. The van der Waals surface area contributed by atoms with Crippen LogP contribution in [-0.4, -0.2) is 23.2 Å². The molecule has 2 rings (SSSR count). The fourth-order valence-corrected chi connectivity index (χ4v) is 1.71. The van der Waals surface area contributed by atoms with E-state index in [2.05, 4.69) is 15.5 Å². The highest BCUT2D eigenvalue weighted by Crippen LogP contribution is 2.12. The fourth-order valence-electron chi connectivity index (χ4n) is 1.71. The van der Waals surface area contributed by atoms with E-state index < -0.39 is 0 Å². The molecule has 0 fully saturated rings. The van der Waals surface area contributed by atoms with Gasteiger partial charge in [-0.3, -0.25) is 9.78 Å². The second-order valence-corrected chi connectivity index (χ2v) is 4.31. The van der Waals surface area contributed by atoms with Gasteiger partial charge in [-0.1, -0.05) is 6.07 Å². The lowest BCUT2D eigenvalue weighted by atomic mass is 10.1. The van der Waals surface area contributed by atoms with E-state index in [0.717, 1.165) is 11.3 Å². The number of hydrazone groups is 1. The van der Waals surface area contributed by atoms with Gasteiger partial charge >= 0.3 is 0 Å². The molecule has 5 heteroatoms. The van der Waals surface area contributed by atoms with Crippen LogP contribution in [-0.2, 0) is 0 Å². The Balaban J connectivity index is 2.02. The van der Waals surface area contributed by atoms with Crippen molar-refractivity contribution >= 4 is 11.6 Å². The minimum atomic E-state index is -0.333. The van der Waals surface area contributed by atoms with E-state index in [4.69, 9.17) is 4.74 Å². The van der Waals surface area contributed by atoms with E-state index in [9.17, 15) is 4.79 Å². The lowest BCUT2D eigenvalue weighted by Gasteiger charge is -2.05. The maximum Gasteiger partial charge on any atom is 0.289 e. The van der Waals surface area contributed by atoms with Gasteiger partial charge in [-0.15, -0.1) is 0 Å². The number of hydrogen-bond donors (Lipinski definition) is 1. The molecule has 2 aromatic rings. The number of amides is 1. The molecule has 1 heterocycles. The summed E-state index contributed by atoms with van der Waals surface area (Å²) in [4.78, 5) is 15.8. The van der Waals surface area contributed by atoms with Gasteiger partial charge < -0.3 is 4.74 Å². The number of ether oxygens (including phenoxy) is 1. The number of nitrogens with one attached hydrogen (secondary N) is 1. The van der Waals surface area contributed by atoms with Gasteiger partial charge in [-0.05, 0) is 55.8 Å². The van der Waals surface area contributed by atoms with Gasteiger partial charge in [0.1, 0.15) is 11.4 Å². The molecule has 0 unspecified atom stereocenters. The number of aromatic nitrogens is 1. The van der Waals surface area contributed by atoms with E-state index in [1.807, 2.05) is 38.1 Å². The predicted octanol–water partition coefficient (Wildman–Crippen LogP) is 2.63.